The Morgan fingerprint density at radius 2 is 0.588 bits per heavy atom. The molecular weight excluding hydrogens is 439 g/mol. The van der Waals surface area contributed by atoms with Crippen molar-refractivity contribution in [2.45, 2.75) is 195 Å². The Morgan fingerprint density at radius 3 is 0.824 bits per heavy atom. The zero-order valence-corrected chi connectivity index (χ0v) is 25.1. The number of unbranched alkanes of at least 4 members (excludes halogenated alkanes) is 9. The van der Waals surface area contributed by atoms with Crippen LogP contribution < -0.4 is 0 Å². The summed E-state index contributed by atoms with van der Waals surface area (Å²) in [5.74, 6) is 0. The Balaban J connectivity index is 5.39. The summed E-state index contributed by atoms with van der Waals surface area (Å²) in [6.45, 7) is 13.7. The molecule has 3 atom stereocenters. The van der Waals surface area contributed by atoms with Gasteiger partial charge < -0.3 is 13.6 Å². The molecule has 0 aromatic heterocycles. The van der Waals surface area contributed by atoms with Crippen molar-refractivity contribution in [2.75, 3.05) is 0 Å². The highest BCUT2D eigenvalue weighted by molar-refractivity contribution is 7.41. The highest BCUT2D eigenvalue weighted by Gasteiger charge is 2.27. The molecule has 3 nitrogen and oxygen atoms in total. The molecule has 0 bridgehead atoms. The second-order valence-electron chi connectivity index (χ2n) is 10.3. The topological polar surface area (TPSA) is 27.7 Å². The molecule has 0 aliphatic rings. The summed E-state index contributed by atoms with van der Waals surface area (Å²) < 4.78 is 20.3. The van der Waals surface area contributed by atoms with Crippen molar-refractivity contribution >= 4 is 8.60 Å². The van der Waals surface area contributed by atoms with Gasteiger partial charge in [0.05, 0.1) is 18.3 Å². The summed E-state index contributed by atoms with van der Waals surface area (Å²) in [7, 11) is -1.29. The first-order valence-electron chi connectivity index (χ1n) is 15.4. The quantitative estimate of drug-likeness (QED) is 0.0825. The molecule has 4 heteroatoms. The fourth-order valence-electron chi connectivity index (χ4n) is 4.35. The number of hydrogen-bond donors (Lipinski definition) is 0. The van der Waals surface area contributed by atoms with E-state index in [2.05, 4.69) is 41.5 Å². The van der Waals surface area contributed by atoms with Crippen LogP contribution in [0.1, 0.15) is 176 Å². The van der Waals surface area contributed by atoms with Crippen molar-refractivity contribution in [2.24, 2.45) is 0 Å². The van der Waals surface area contributed by atoms with E-state index in [0.717, 1.165) is 38.5 Å². The van der Waals surface area contributed by atoms with Crippen molar-refractivity contribution in [1.29, 1.82) is 0 Å². The Kier molecular flexibility index (Phi) is 26.6. The van der Waals surface area contributed by atoms with E-state index in [4.69, 9.17) is 13.6 Å². The first-order valence-corrected chi connectivity index (χ1v) is 16.5. The zero-order chi connectivity index (χ0) is 25.3. The molecule has 206 valence electrons. The van der Waals surface area contributed by atoms with E-state index in [1.807, 2.05) is 0 Å². The minimum Gasteiger partial charge on any atom is -0.309 e. The van der Waals surface area contributed by atoms with Crippen LogP contribution in [0.2, 0.25) is 0 Å². The van der Waals surface area contributed by atoms with Gasteiger partial charge in [-0.25, -0.2) is 0 Å². The maximum Gasteiger partial charge on any atom is 0.333 e. The average molecular weight is 503 g/mol. The van der Waals surface area contributed by atoms with Gasteiger partial charge in [0.15, 0.2) is 0 Å². The van der Waals surface area contributed by atoms with Crippen LogP contribution in [0.5, 0.6) is 0 Å². The van der Waals surface area contributed by atoms with E-state index in [9.17, 15) is 0 Å². The average Bonchev–Trinajstić information content (AvgIpc) is 2.84. The molecule has 0 saturated carbocycles. The van der Waals surface area contributed by atoms with Crippen LogP contribution in [0.4, 0.5) is 0 Å². The van der Waals surface area contributed by atoms with Gasteiger partial charge in [0.2, 0.25) is 0 Å². The Labute approximate surface area is 216 Å². The third kappa shape index (κ3) is 20.5. The van der Waals surface area contributed by atoms with Gasteiger partial charge >= 0.3 is 8.60 Å². The molecule has 0 aromatic carbocycles. The first-order chi connectivity index (χ1) is 16.6. The van der Waals surface area contributed by atoms with Gasteiger partial charge in [0.25, 0.3) is 0 Å². The molecule has 0 amide bonds. The van der Waals surface area contributed by atoms with Crippen LogP contribution >= 0.6 is 8.60 Å². The van der Waals surface area contributed by atoms with Gasteiger partial charge in [-0.05, 0) is 38.5 Å². The largest absolute Gasteiger partial charge is 0.333 e. The minimum atomic E-state index is -1.29. The predicted octanol–water partition coefficient (Wildman–Crippen LogP) is 11.7. The minimum absolute atomic E-state index is 0.280. The number of hydrogen-bond acceptors (Lipinski definition) is 3. The van der Waals surface area contributed by atoms with Crippen molar-refractivity contribution in [1.82, 2.24) is 0 Å². The summed E-state index contributed by atoms with van der Waals surface area (Å²) in [6, 6.07) is 0. The smallest absolute Gasteiger partial charge is 0.309 e. The molecule has 0 aromatic rings. The highest BCUT2D eigenvalue weighted by Crippen LogP contribution is 2.47. The maximum atomic E-state index is 6.75. The van der Waals surface area contributed by atoms with Crippen molar-refractivity contribution < 1.29 is 13.6 Å². The zero-order valence-electron chi connectivity index (χ0n) is 24.3. The molecule has 0 spiro atoms. The second-order valence-corrected chi connectivity index (χ2v) is 11.4. The van der Waals surface area contributed by atoms with Crippen LogP contribution in [0.3, 0.4) is 0 Å². The Hall–Kier alpha value is 0.310. The lowest BCUT2D eigenvalue weighted by Crippen LogP contribution is -2.20. The molecule has 0 N–H and O–H groups in total. The fourth-order valence-corrected chi connectivity index (χ4v) is 5.86. The summed E-state index contributed by atoms with van der Waals surface area (Å²) in [5, 5.41) is 0. The normalized spacial score (nSPS) is 15.4. The van der Waals surface area contributed by atoms with Gasteiger partial charge in [-0.1, -0.05) is 138 Å². The van der Waals surface area contributed by atoms with Crippen LogP contribution in [-0.4, -0.2) is 18.3 Å². The van der Waals surface area contributed by atoms with E-state index < -0.39 is 8.60 Å². The second kappa shape index (κ2) is 26.4. The molecule has 0 radical (unpaired) electrons. The molecule has 3 unspecified atom stereocenters. The standard InChI is InChI=1S/C30H63O3P/c1-7-13-19-25-28(22-16-10-4)31-34(32-29(23-17-11-5)26-20-14-8-2)33-30(24-18-12-6)27-21-15-9-3/h28-30H,7-27H2,1-6H3. The maximum absolute atomic E-state index is 6.75. The van der Waals surface area contributed by atoms with Crippen LogP contribution in [-0.2, 0) is 13.6 Å². The summed E-state index contributed by atoms with van der Waals surface area (Å²) >= 11 is 0. The van der Waals surface area contributed by atoms with E-state index in [1.165, 1.54) is 96.3 Å². The molecule has 0 heterocycles. The Morgan fingerprint density at radius 1 is 0.353 bits per heavy atom. The van der Waals surface area contributed by atoms with Gasteiger partial charge in [-0.2, -0.15) is 0 Å². The molecular formula is C30H63O3P. The fraction of sp³-hybridized carbons (Fsp3) is 1.00. The molecule has 0 aliphatic heterocycles. The van der Waals surface area contributed by atoms with Crippen LogP contribution in [0.25, 0.3) is 0 Å². The molecule has 0 aliphatic carbocycles. The van der Waals surface area contributed by atoms with Gasteiger partial charge in [-0.3, -0.25) is 0 Å². The molecule has 34 heavy (non-hydrogen) atoms. The third-order valence-electron chi connectivity index (χ3n) is 6.73. The monoisotopic (exact) mass is 502 g/mol. The molecule has 0 rings (SSSR count). The van der Waals surface area contributed by atoms with Crippen LogP contribution in [0.15, 0.2) is 0 Å². The molecule has 0 fully saturated rings. The predicted molar refractivity (Wildman–Crippen MR) is 153 cm³/mol. The Bertz CT molecular complexity index is 336. The van der Waals surface area contributed by atoms with E-state index in [1.54, 1.807) is 0 Å². The lowest BCUT2D eigenvalue weighted by atomic mass is 10.1. The lowest BCUT2D eigenvalue weighted by Gasteiger charge is -2.30. The summed E-state index contributed by atoms with van der Waals surface area (Å²) in [6.07, 6.45) is 26.4. The number of rotatable bonds is 27. The van der Waals surface area contributed by atoms with Gasteiger partial charge in [0.1, 0.15) is 0 Å². The summed E-state index contributed by atoms with van der Waals surface area (Å²) in [4.78, 5) is 0. The van der Waals surface area contributed by atoms with E-state index >= 15 is 0 Å². The third-order valence-corrected chi connectivity index (χ3v) is 8.14. The van der Waals surface area contributed by atoms with Crippen molar-refractivity contribution in [3.63, 3.8) is 0 Å². The van der Waals surface area contributed by atoms with Gasteiger partial charge in [0, 0.05) is 0 Å². The SMILES string of the molecule is CCCCCC(CCCC)OP(OC(CCCC)CCCCC)OC(CCCC)CCCCC. The lowest BCUT2D eigenvalue weighted by molar-refractivity contribution is 0.0472. The van der Waals surface area contributed by atoms with Crippen molar-refractivity contribution in [3.05, 3.63) is 0 Å². The van der Waals surface area contributed by atoms with E-state index in [-0.39, 0.29) is 18.3 Å². The summed E-state index contributed by atoms with van der Waals surface area (Å²) in [5.41, 5.74) is 0. The van der Waals surface area contributed by atoms with Crippen molar-refractivity contribution in [3.8, 4) is 0 Å². The first kappa shape index (κ1) is 34.3. The van der Waals surface area contributed by atoms with E-state index in [0.29, 0.717) is 0 Å². The van der Waals surface area contributed by atoms with Gasteiger partial charge in [-0.15, -0.1) is 0 Å². The van der Waals surface area contributed by atoms with Crippen LogP contribution in [0, 0.1) is 0 Å². The highest BCUT2D eigenvalue weighted by atomic mass is 31.2. The molecule has 0 saturated heterocycles.